The number of halogens is 1. The predicted octanol–water partition coefficient (Wildman–Crippen LogP) is 3.83. The Hall–Kier alpha value is -1.81. The summed E-state index contributed by atoms with van der Waals surface area (Å²) in [5, 5.41) is 2.99. The summed E-state index contributed by atoms with van der Waals surface area (Å²) in [5.74, 6) is -0.0845. The highest BCUT2D eigenvalue weighted by molar-refractivity contribution is 9.10. The van der Waals surface area contributed by atoms with Crippen molar-refractivity contribution < 1.29 is 4.79 Å². The molecule has 1 amide bonds. The van der Waals surface area contributed by atoms with Crippen LogP contribution in [0, 0.1) is 6.92 Å². The molecule has 20 heavy (non-hydrogen) atoms. The molecule has 0 fully saturated rings. The lowest BCUT2D eigenvalue weighted by atomic mass is 10.1. The van der Waals surface area contributed by atoms with Gasteiger partial charge < -0.3 is 11.1 Å². The maximum absolute atomic E-state index is 12.2. The van der Waals surface area contributed by atoms with E-state index in [1.165, 1.54) is 0 Å². The second-order valence-electron chi connectivity index (χ2n) is 4.88. The zero-order valence-electron chi connectivity index (χ0n) is 11.5. The number of benzene rings is 2. The summed E-state index contributed by atoms with van der Waals surface area (Å²) < 4.78 is 0.905. The van der Waals surface area contributed by atoms with Crippen LogP contribution >= 0.6 is 15.9 Å². The lowest BCUT2D eigenvalue weighted by Gasteiger charge is -2.15. The van der Waals surface area contributed by atoms with Crippen molar-refractivity contribution in [1.82, 2.24) is 5.32 Å². The molecule has 0 radical (unpaired) electrons. The lowest BCUT2D eigenvalue weighted by molar-refractivity contribution is 0.0939. The van der Waals surface area contributed by atoms with Gasteiger partial charge in [-0.3, -0.25) is 4.79 Å². The van der Waals surface area contributed by atoms with Crippen molar-refractivity contribution in [3.8, 4) is 0 Å². The fourth-order valence-electron chi connectivity index (χ4n) is 2.02. The summed E-state index contributed by atoms with van der Waals surface area (Å²) in [6.45, 7) is 3.92. The van der Waals surface area contributed by atoms with Gasteiger partial charge in [-0.1, -0.05) is 28.1 Å². The first-order valence-corrected chi connectivity index (χ1v) is 7.18. The van der Waals surface area contributed by atoms with E-state index in [1.54, 1.807) is 0 Å². The molecule has 0 aromatic heterocycles. The molecule has 0 spiro atoms. The first-order chi connectivity index (χ1) is 9.45. The SMILES string of the molecule is Cc1cc(Br)cc(C(=O)NC(C)c2ccc(N)cc2)c1. The fourth-order valence-corrected chi connectivity index (χ4v) is 2.62. The van der Waals surface area contributed by atoms with Crippen LogP contribution in [0.15, 0.2) is 46.9 Å². The Morgan fingerprint density at radius 1 is 1.20 bits per heavy atom. The summed E-state index contributed by atoms with van der Waals surface area (Å²) in [4.78, 5) is 12.2. The number of hydrogen-bond acceptors (Lipinski definition) is 2. The van der Waals surface area contributed by atoms with Crippen LogP contribution in [0.4, 0.5) is 5.69 Å². The van der Waals surface area contributed by atoms with Gasteiger partial charge in [0.05, 0.1) is 6.04 Å². The molecule has 4 heteroatoms. The van der Waals surface area contributed by atoms with Gasteiger partial charge in [0, 0.05) is 15.7 Å². The maximum atomic E-state index is 12.2. The molecular weight excluding hydrogens is 316 g/mol. The number of nitrogens with one attached hydrogen (secondary N) is 1. The van der Waals surface area contributed by atoms with Crippen LogP contribution in [-0.2, 0) is 0 Å². The summed E-state index contributed by atoms with van der Waals surface area (Å²) in [5.41, 5.74) is 9.10. The molecule has 0 aliphatic rings. The average molecular weight is 333 g/mol. The Labute approximate surface area is 127 Å². The van der Waals surface area contributed by atoms with Crippen LogP contribution in [0.1, 0.15) is 34.5 Å². The Morgan fingerprint density at radius 2 is 1.85 bits per heavy atom. The molecule has 0 aliphatic carbocycles. The molecule has 2 aromatic rings. The number of nitrogen functional groups attached to an aromatic ring is 1. The minimum absolute atomic E-state index is 0.0672. The highest BCUT2D eigenvalue weighted by atomic mass is 79.9. The second-order valence-corrected chi connectivity index (χ2v) is 5.79. The van der Waals surface area contributed by atoms with Crippen LogP contribution in [0.2, 0.25) is 0 Å². The largest absolute Gasteiger partial charge is 0.399 e. The third-order valence-electron chi connectivity index (χ3n) is 3.09. The number of aryl methyl sites for hydroxylation is 1. The summed E-state index contributed by atoms with van der Waals surface area (Å²) in [6, 6.07) is 13.1. The van der Waals surface area contributed by atoms with Crippen molar-refractivity contribution in [3.63, 3.8) is 0 Å². The number of rotatable bonds is 3. The number of nitrogens with two attached hydrogens (primary N) is 1. The number of hydrogen-bond donors (Lipinski definition) is 2. The van der Waals surface area contributed by atoms with Crippen molar-refractivity contribution in [3.05, 3.63) is 63.6 Å². The molecule has 2 rings (SSSR count). The molecule has 0 heterocycles. The summed E-state index contributed by atoms with van der Waals surface area (Å²) in [7, 11) is 0. The van der Waals surface area contributed by atoms with E-state index in [9.17, 15) is 4.79 Å². The van der Waals surface area contributed by atoms with Gasteiger partial charge >= 0.3 is 0 Å². The molecule has 1 unspecified atom stereocenters. The second kappa shape index (κ2) is 6.09. The van der Waals surface area contributed by atoms with E-state index >= 15 is 0 Å². The van der Waals surface area contributed by atoms with Gasteiger partial charge in [0.15, 0.2) is 0 Å². The van der Waals surface area contributed by atoms with E-state index in [4.69, 9.17) is 5.73 Å². The Morgan fingerprint density at radius 3 is 2.45 bits per heavy atom. The van der Waals surface area contributed by atoms with Crippen LogP contribution in [0.5, 0.6) is 0 Å². The van der Waals surface area contributed by atoms with E-state index in [2.05, 4.69) is 21.2 Å². The van der Waals surface area contributed by atoms with Crippen LogP contribution in [-0.4, -0.2) is 5.91 Å². The van der Waals surface area contributed by atoms with Gasteiger partial charge in [-0.2, -0.15) is 0 Å². The summed E-state index contributed by atoms with van der Waals surface area (Å²) in [6.07, 6.45) is 0. The summed E-state index contributed by atoms with van der Waals surface area (Å²) >= 11 is 3.41. The molecule has 3 N–H and O–H groups in total. The quantitative estimate of drug-likeness (QED) is 0.839. The molecular formula is C16H17BrN2O. The Balaban J connectivity index is 2.12. The minimum Gasteiger partial charge on any atom is -0.399 e. The Bertz CT molecular complexity index is 603. The van der Waals surface area contributed by atoms with Crippen molar-refractivity contribution in [2.24, 2.45) is 0 Å². The van der Waals surface area contributed by atoms with Gasteiger partial charge in [0.2, 0.25) is 0 Å². The number of anilines is 1. The standard InChI is InChI=1S/C16H17BrN2O/c1-10-7-13(9-14(17)8-10)16(20)19-11(2)12-3-5-15(18)6-4-12/h3-9,11H,18H2,1-2H3,(H,19,20). The lowest BCUT2D eigenvalue weighted by Crippen LogP contribution is -2.26. The third-order valence-corrected chi connectivity index (χ3v) is 3.55. The smallest absolute Gasteiger partial charge is 0.251 e. The monoisotopic (exact) mass is 332 g/mol. The van der Waals surface area contributed by atoms with E-state index in [0.717, 1.165) is 21.3 Å². The van der Waals surface area contributed by atoms with Crippen molar-refractivity contribution in [2.45, 2.75) is 19.9 Å². The molecule has 0 aliphatic heterocycles. The molecule has 0 saturated carbocycles. The van der Waals surface area contributed by atoms with Crippen molar-refractivity contribution in [1.29, 1.82) is 0 Å². The number of carbonyl (C=O) groups excluding carboxylic acids is 1. The number of amides is 1. The van der Waals surface area contributed by atoms with Crippen LogP contribution in [0.3, 0.4) is 0 Å². The maximum Gasteiger partial charge on any atom is 0.251 e. The molecule has 0 saturated heterocycles. The van der Waals surface area contributed by atoms with Crippen LogP contribution in [0.25, 0.3) is 0 Å². The molecule has 1 atom stereocenters. The topological polar surface area (TPSA) is 55.1 Å². The molecule has 104 valence electrons. The third kappa shape index (κ3) is 3.61. The zero-order chi connectivity index (χ0) is 14.7. The highest BCUT2D eigenvalue weighted by Crippen LogP contribution is 2.18. The Kier molecular flexibility index (Phi) is 4.45. The predicted molar refractivity (Wildman–Crippen MR) is 85.6 cm³/mol. The van der Waals surface area contributed by atoms with Crippen LogP contribution < -0.4 is 11.1 Å². The highest BCUT2D eigenvalue weighted by Gasteiger charge is 2.12. The van der Waals surface area contributed by atoms with E-state index in [1.807, 2.05) is 56.3 Å². The van der Waals surface area contributed by atoms with Gasteiger partial charge in [0.1, 0.15) is 0 Å². The van der Waals surface area contributed by atoms with E-state index < -0.39 is 0 Å². The molecule has 0 bridgehead atoms. The fraction of sp³-hybridized carbons (Fsp3) is 0.188. The van der Waals surface area contributed by atoms with E-state index in [-0.39, 0.29) is 11.9 Å². The van der Waals surface area contributed by atoms with Gasteiger partial charge in [0.25, 0.3) is 5.91 Å². The zero-order valence-corrected chi connectivity index (χ0v) is 13.1. The van der Waals surface area contributed by atoms with Gasteiger partial charge in [-0.15, -0.1) is 0 Å². The van der Waals surface area contributed by atoms with E-state index in [0.29, 0.717) is 5.56 Å². The normalized spacial score (nSPS) is 11.9. The van der Waals surface area contributed by atoms with Crippen molar-refractivity contribution >= 4 is 27.5 Å². The molecule has 2 aromatic carbocycles. The minimum atomic E-state index is -0.0845. The first kappa shape index (κ1) is 14.6. The average Bonchev–Trinajstić information content (AvgIpc) is 2.38. The van der Waals surface area contributed by atoms with Crippen molar-refractivity contribution in [2.75, 3.05) is 5.73 Å². The van der Waals surface area contributed by atoms with Gasteiger partial charge in [-0.25, -0.2) is 0 Å². The molecule has 3 nitrogen and oxygen atoms in total. The first-order valence-electron chi connectivity index (χ1n) is 6.39. The number of carbonyl (C=O) groups is 1. The van der Waals surface area contributed by atoms with Gasteiger partial charge in [-0.05, 0) is 55.3 Å².